The number of hydrogen-bond donors (Lipinski definition) is 2. The van der Waals surface area contributed by atoms with Crippen LogP contribution in [0.15, 0.2) is 40.9 Å². The molecule has 4 rings (SSSR count). The zero-order valence-electron chi connectivity index (χ0n) is 16.5. The first-order valence-electron chi connectivity index (χ1n) is 10.4. The summed E-state index contributed by atoms with van der Waals surface area (Å²) in [5, 5.41) is 17.3. The van der Waals surface area contributed by atoms with Crippen molar-refractivity contribution in [2.45, 2.75) is 63.4 Å². The Kier molecular flexibility index (Phi) is 6.46. The van der Waals surface area contributed by atoms with Crippen LogP contribution in [0.5, 0.6) is 5.75 Å². The molecular formula is C22H28N2O5. The summed E-state index contributed by atoms with van der Waals surface area (Å²) in [6.07, 6.45) is 4.05. The molecule has 2 aliphatic rings. The lowest BCUT2D eigenvalue weighted by atomic mass is 9.85. The first kappa shape index (κ1) is 19.9. The highest BCUT2D eigenvalue weighted by Gasteiger charge is 2.32. The van der Waals surface area contributed by atoms with Crippen molar-refractivity contribution in [2.24, 2.45) is 5.92 Å². The van der Waals surface area contributed by atoms with Gasteiger partial charge in [-0.1, -0.05) is 29.8 Å². The predicted molar refractivity (Wildman–Crippen MR) is 105 cm³/mol. The lowest BCUT2D eigenvalue weighted by molar-refractivity contribution is -0.133. The maximum atomic E-state index is 12.0. The average molecular weight is 400 g/mol. The van der Waals surface area contributed by atoms with Crippen molar-refractivity contribution in [3.63, 3.8) is 0 Å². The van der Waals surface area contributed by atoms with Crippen molar-refractivity contribution >= 4 is 5.91 Å². The van der Waals surface area contributed by atoms with Crippen molar-refractivity contribution in [1.82, 2.24) is 10.5 Å². The molecule has 0 spiro atoms. The molecule has 7 nitrogen and oxygen atoms in total. The third-order valence-corrected chi connectivity index (χ3v) is 5.70. The number of rotatable bonds is 8. The number of aliphatic hydroxyl groups is 1. The Balaban J connectivity index is 1.24. The zero-order valence-corrected chi connectivity index (χ0v) is 16.5. The number of ether oxygens (including phenoxy) is 2. The molecule has 7 heteroatoms. The van der Waals surface area contributed by atoms with Crippen LogP contribution in [0, 0.1) is 5.92 Å². The van der Waals surface area contributed by atoms with Crippen LogP contribution in [-0.2, 0) is 22.6 Å². The van der Waals surface area contributed by atoms with Gasteiger partial charge in [0, 0.05) is 24.9 Å². The zero-order chi connectivity index (χ0) is 20.1. The minimum Gasteiger partial charge on any atom is -0.486 e. The summed E-state index contributed by atoms with van der Waals surface area (Å²) in [7, 11) is 0. The lowest BCUT2D eigenvalue weighted by Gasteiger charge is -2.34. The van der Waals surface area contributed by atoms with E-state index in [1.165, 1.54) is 0 Å². The Morgan fingerprint density at radius 2 is 2.03 bits per heavy atom. The molecular weight excluding hydrogens is 372 g/mol. The molecule has 1 aliphatic heterocycles. The molecule has 0 bridgehead atoms. The molecule has 29 heavy (non-hydrogen) atoms. The van der Waals surface area contributed by atoms with Crippen LogP contribution in [0.2, 0.25) is 0 Å². The second-order valence-corrected chi connectivity index (χ2v) is 7.90. The fourth-order valence-corrected chi connectivity index (χ4v) is 3.72. The number of amides is 1. The second kappa shape index (κ2) is 9.41. The monoisotopic (exact) mass is 400 g/mol. The maximum Gasteiger partial charge on any atom is 0.223 e. The largest absolute Gasteiger partial charge is 0.486 e. The van der Waals surface area contributed by atoms with Gasteiger partial charge in [-0.25, -0.2) is 0 Å². The first-order chi connectivity index (χ1) is 14.2. The molecule has 1 aliphatic carbocycles. The summed E-state index contributed by atoms with van der Waals surface area (Å²) in [6, 6.07) is 11.4. The molecule has 156 valence electrons. The molecule has 3 unspecified atom stereocenters. The molecule has 1 saturated heterocycles. The smallest absolute Gasteiger partial charge is 0.223 e. The fraction of sp³-hybridized carbons (Fsp3) is 0.545. The van der Waals surface area contributed by atoms with Crippen molar-refractivity contribution in [3.05, 3.63) is 47.9 Å². The van der Waals surface area contributed by atoms with E-state index in [4.69, 9.17) is 14.0 Å². The Labute approximate surface area is 170 Å². The normalized spacial score (nSPS) is 24.7. The maximum absolute atomic E-state index is 12.0. The van der Waals surface area contributed by atoms with E-state index in [1.807, 2.05) is 36.4 Å². The topological polar surface area (TPSA) is 93.8 Å². The summed E-state index contributed by atoms with van der Waals surface area (Å²) in [5.74, 6) is 1.65. The number of aliphatic hydroxyl groups excluding tert-OH is 1. The van der Waals surface area contributed by atoms with Crippen LogP contribution >= 0.6 is 0 Å². The van der Waals surface area contributed by atoms with Gasteiger partial charge >= 0.3 is 0 Å². The number of nitrogens with zero attached hydrogens (tertiary/aromatic N) is 1. The summed E-state index contributed by atoms with van der Waals surface area (Å²) >= 11 is 0. The van der Waals surface area contributed by atoms with Crippen LogP contribution in [0.3, 0.4) is 0 Å². The molecule has 1 aromatic heterocycles. The van der Waals surface area contributed by atoms with Gasteiger partial charge in [-0.3, -0.25) is 4.79 Å². The number of hydrogen-bond acceptors (Lipinski definition) is 6. The van der Waals surface area contributed by atoms with E-state index in [0.717, 1.165) is 37.1 Å². The molecule has 2 aromatic rings. The number of nitrogens with one attached hydrogen (secondary N) is 1. The SMILES string of the molecule is O=C(NCC1OC(Cc2cc(COc3ccccc3)on2)CCC1O)C1CCC1. The van der Waals surface area contributed by atoms with E-state index in [2.05, 4.69) is 10.5 Å². The molecule has 2 fully saturated rings. The number of benzene rings is 1. The van der Waals surface area contributed by atoms with Gasteiger partial charge in [0.15, 0.2) is 5.76 Å². The van der Waals surface area contributed by atoms with Crippen LogP contribution in [0.4, 0.5) is 0 Å². The predicted octanol–water partition coefficient (Wildman–Crippen LogP) is 2.62. The third kappa shape index (κ3) is 5.36. The van der Waals surface area contributed by atoms with E-state index < -0.39 is 6.10 Å². The van der Waals surface area contributed by atoms with Crippen LogP contribution < -0.4 is 10.1 Å². The van der Waals surface area contributed by atoms with E-state index in [1.54, 1.807) is 0 Å². The molecule has 1 aromatic carbocycles. The van der Waals surface area contributed by atoms with Gasteiger partial charge in [0.2, 0.25) is 5.91 Å². The highest BCUT2D eigenvalue weighted by Crippen LogP contribution is 2.27. The summed E-state index contributed by atoms with van der Waals surface area (Å²) in [4.78, 5) is 12.0. The fourth-order valence-electron chi connectivity index (χ4n) is 3.72. The summed E-state index contributed by atoms with van der Waals surface area (Å²) in [6.45, 7) is 0.666. The lowest BCUT2D eigenvalue weighted by Crippen LogP contribution is -2.48. The molecule has 2 N–H and O–H groups in total. The first-order valence-corrected chi connectivity index (χ1v) is 10.4. The van der Waals surface area contributed by atoms with Crippen molar-refractivity contribution in [2.75, 3.05) is 6.54 Å². The Morgan fingerprint density at radius 1 is 1.21 bits per heavy atom. The van der Waals surface area contributed by atoms with Crippen molar-refractivity contribution < 1.29 is 23.9 Å². The molecule has 0 radical (unpaired) electrons. The number of para-hydroxylation sites is 1. The Hall–Kier alpha value is -2.38. The number of aromatic nitrogens is 1. The van der Waals surface area contributed by atoms with Crippen LogP contribution in [0.25, 0.3) is 0 Å². The molecule has 1 amide bonds. The van der Waals surface area contributed by atoms with Gasteiger partial charge in [-0.15, -0.1) is 0 Å². The van der Waals surface area contributed by atoms with Gasteiger partial charge < -0.3 is 24.4 Å². The molecule has 3 atom stereocenters. The molecule has 2 heterocycles. The summed E-state index contributed by atoms with van der Waals surface area (Å²) < 4.78 is 17.1. The Bertz CT molecular complexity index is 790. The van der Waals surface area contributed by atoms with Gasteiger partial charge in [-0.2, -0.15) is 0 Å². The minimum atomic E-state index is -0.555. The second-order valence-electron chi connectivity index (χ2n) is 7.90. The van der Waals surface area contributed by atoms with Gasteiger partial charge in [-0.05, 0) is 37.8 Å². The number of carbonyl (C=O) groups is 1. The van der Waals surface area contributed by atoms with E-state index in [9.17, 15) is 9.90 Å². The van der Waals surface area contributed by atoms with Crippen LogP contribution in [0.1, 0.15) is 43.6 Å². The molecule has 1 saturated carbocycles. The standard InChI is InChI=1S/C22H28N2O5/c25-20-10-9-18(28-21(20)13-23-22(26)15-5-4-6-15)11-16-12-19(29-24-16)14-27-17-7-2-1-3-8-17/h1-3,7-8,12,15,18,20-21,25H,4-6,9-11,13-14H2,(H,23,26). The quantitative estimate of drug-likeness (QED) is 0.708. The van der Waals surface area contributed by atoms with Gasteiger partial charge in [0.05, 0.1) is 17.9 Å². The van der Waals surface area contributed by atoms with Crippen LogP contribution in [-0.4, -0.2) is 41.0 Å². The third-order valence-electron chi connectivity index (χ3n) is 5.70. The minimum absolute atomic E-state index is 0.0583. The van der Waals surface area contributed by atoms with Gasteiger partial charge in [0.25, 0.3) is 0 Å². The Morgan fingerprint density at radius 3 is 2.79 bits per heavy atom. The van der Waals surface area contributed by atoms with Crippen molar-refractivity contribution in [1.29, 1.82) is 0 Å². The van der Waals surface area contributed by atoms with E-state index in [0.29, 0.717) is 31.8 Å². The highest BCUT2D eigenvalue weighted by molar-refractivity contribution is 5.79. The highest BCUT2D eigenvalue weighted by atomic mass is 16.5. The number of carbonyl (C=O) groups excluding carboxylic acids is 1. The van der Waals surface area contributed by atoms with E-state index >= 15 is 0 Å². The summed E-state index contributed by atoms with van der Waals surface area (Å²) in [5.41, 5.74) is 0.801. The average Bonchev–Trinajstić information content (AvgIpc) is 3.13. The van der Waals surface area contributed by atoms with E-state index in [-0.39, 0.29) is 24.0 Å². The van der Waals surface area contributed by atoms with Crippen molar-refractivity contribution in [3.8, 4) is 5.75 Å². The van der Waals surface area contributed by atoms with Gasteiger partial charge in [0.1, 0.15) is 18.5 Å².